The molecule has 12 heteroatoms. The highest BCUT2D eigenvalue weighted by atomic mass is 19.3. The van der Waals surface area contributed by atoms with Crippen molar-refractivity contribution in [3.8, 4) is 5.75 Å². The van der Waals surface area contributed by atoms with Crippen LogP contribution in [0.2, 0.25) is 0 Å². The number of halogens is 3. The lowest BCUT2D eigenvalue weighted by Crippen LogP contribution is -2.47. The minimum Gasteiger partial charge on any atom is -0.494 e. The number of nitrogens with one attached hydrogen (secondary N) is 1. The molecule has 276 valence electrons. The number of ether oxygens (including phenoxy) is 3. The molecule has 0 aliphatic rings. The van der Waals surface area contributed by atoms with Gasteiger partial charge in [0, 0.05) is 39.4 Å². The molecule has 0 aliphatic carbocycles. The molecule has 0 heterocycles. The summed E-state index contributed by atoms with van der Waals surface area (Å²) in [5, 5.41) is 12.6. The number of allylic oxidation sites excluding steroid dienone is 1. The highest BCUT2D eigenvalue weighted by Crippen LogP contribution is 2.29. The molecule has 1 aromatic rings. The first kappa shape index (κ1) is 44.9. The average Bonchev–Trinajstić information content (AvgIpc) is 3.04. The van der Waals surface area contributed by atoms with Crippen molar-refractivity contribution in [3.63, 3.8) is 0 Å². The van der Waals surface area contributed by atoms with Crippen LogP contribution in [-0.4, -0.2) is 74.5 Å². The Morgan fingerprint density at radius 2 is 1.54 bits per heavy atom. The van der Waals surface area contributed by atoms with Crippen LogP contribution in [0.5, 0.6) is 5.75 Å². The maximum Gasteiger partial charge on any atom is 0.328 e. The summed E-state index contributed by atoms with van der Waals surface area (Å²) in [4.78, 5) is 38.3. The highest BCUT2D eigenvalue weighted by molar-refractivity contribution is 5.90. The van der Waals surface area contributed by atoms with E-state index in [0.717, 1.165) is 32.1 Å². The molecule has 0 saturated heterocycles. The van der Waals surface area contributed by atoms with Crippen LogP contribution in [-0.2, 0) is 30.3 Å². The Morgan fingerprint density at radius 3 is 2.10 bits per heavy atom. The number of hydrogen-bond donors (Lipinski definition) is 2. The molecule has 1 aromatic carbocycles. The van der Waals surface area contributed by atoms with Crippen LogP contribution in [0.1, 0.15) is 102 Å². The van der Waals surface area contributed by atoms with Gasteiger partial charge in [0.05, 0.1) is 32.2 Å². The number of carbonyl (C=O) groups is 3. The fraction of sp³-hybridized carbons (Fsp3) is 0.694. The van der Waals surface area contributed by atoms with Gasteiger partial charge in [-0.25, -0.2) is 13.6 Å². The molecule has 1 amide bonds. The van der Waals surface area contributed by atoms with Gasteiger partial charge in [-0.3, -0.25) is 14.0 Å². The molecule has 0 saturated carbocycles. The van der Waals surface area contributed by atoms with Gasteiger partial charge in [0.15, 0.2) is 0 Å². The van der Waals surface area contributed by atoms with E-state index in [2.05, 4.69) is 12.2 Å². The van der Waals surface area contributed by atoms with Gasteiger partial charge in [-0.15, -0.1) is 0 Å². The first-order valence-corrected chi connectivity index (χ1v) is 17.0. The molecule has 1 rings (SSSR count). The molecule has 0 bridgehead atoms. The number of alkyl halides is 3. The van der Waals surface area contributed by atoms with Crippen LogP contribution in [0.25, 0.3) is 0 Å². The molecule has 9 nitrogen and oxygen atoms in total. The molecule has 48 heavy (non-hydrogen) atoms. The molecule has 0 spiro atoms. The number of benzene rings is 1. The van der Waals surface area contributed by atoms with Crippen molar-refractivity contribution in [3.05, 3.63) is 42.0 Å². The van der Waals surface area contributed by atoms with Crippen LogP contribution in [0.15, 0.2) is 36.4 Å². The number of rotatable bonds is 28. The SMILES string of the molecule is CCCCCCCC(F)(F)CCCCCC/C=C/[C@H](C(=O)N[C@@H](Cc1ccc(OCCCF)cc1)C(=O)OC)[C@@H](CCOC)C(=O)O.O. The Hall–Kier alpha value is -3.12. The summed E-state index contributed by atoms with van der Waals surface area (Å²) in [5.41, 5.74) is 0.699. The van der Waals surface area contributed by atoms with Gasteiger partial charge in [-0.2, -0.15) is 0 Å². The number of aliphatic carboxylic acids is 1. The lowest BCUT2D eigenvalue weighted by Gasteiger charge is -2.24. The Balaban J connectivity index is 0.0000221. The summed E-state index contributed by atoms with van der Waals surface area (Å²) in [7, 11) is 2.65. The first-order chi connectivity index (χ1) is 22.6. The third kappa shape index (κ3) is 19.6. The third-order valence-electron chi connectivity index (χ3n) is 8.05. The van der Waals surface area contributed by atoms with Crippen molar-refractivity contribution < 1.29 is 52.3 Å². The van der Waals surface area contributed by atoms with E-state index in [0.29, 0.717) is 43.4 Å². The zero-order valence-electron chi connectivity index (χ0n) is 29.0. The Labute approximate surface area is 284 Å². The Morgan fingerprint density at radius 1 is 0.917 bits per heavy atom. The average molecular weight is 690 g/mol. The summed E-state index contributed by atoms with van der Waals surface area (Å²) in [6, 6.07) is 5.73. The van der Waals surface area contributed by atoms with Gasteiger partial charge >= 0.3 is 11.9 Å². The minimum absolute atomic E-state index is 0. The van der Waals surface area contributed by atoms with Crippen molar-refractivity contribution in [2.75, 3.05) is 34.1 Å². The smallest absolute Gasteiger partial charge is 0.328 e. The number of methoxy groups -OCH3 is 2. The van der Waals surface area contributed by atoms with Crippen LogP contribution in [0.4, 0.5) is 13.2 Å². The lowest BCUT2D eigenvalue weighted by molar-refractivity contribution is -0.148. The summed E-state index contributed by atoms with van der Waals surface area (Å²) in [6.07, 6.45) is 11.2. The van der Waals surface area contributed by atoms with Crippen molar-refractivity contribution >= 4 is 17.8 Å². The topological polar surface area (TPSA) is 143 Å². The predicted molar refractivity (Wildman–Crippen MR) is 180 cm³/mol. The molecule has 0 radical (unpaired) electrons. The molecule has 0 unspecified atom stereocenters. The van der Waals surface area contributed by atoms with Gasteiger partial charge in [-0.1, -0.05) is 69.7 Å². The normalized spacial score (nSPS) is 13.4. The molecular weight excluding hydrogens is 631 g/mol. The number of esters is 1. The largest absolute Gasteiger partial charge is 0.494 e. The van der Waals surface area contributed by atoms with Gasteiger partial charge in [0.25, 0.3) is 0 Å². The summed E-state index contributed by atoms with van der Waals surface area (Å²) in [6.45, 7) is 1.97. The zero-order valence-corrected chi connectivity index (χ0v) is 29.0. The van der Waals surface area contributed by atoms with E-state index in [9.17, 15) is 32.7 Å². The van der Waals surface area contributed by atoms with E-state index in [1.807, 2.05) is 0 Å². The Bertz CT molecular complexity index is 1040. The second kappa shape index (κ2) is 26.8. The fourth-order valence-electron chi connectivity index (χ4n) is 5.27. The number of amides is 1. The first-order valence-electron chi connectivity index (χ1n) is 17.0. The number of carboxylic acid groups (broad SMARTS) is 1. The fourth-order valence-corrected chi connectivity index (χ4v) is 5.27. The van der Waals surface area contributed by atoms with Gasteiger partial charge in [0.2, 0.25) is 11.8 Å². The van der Waals surface area contributed by atoms with E-state index in [1.165, 1.54) is 14.2 Å². The van der Waals surface area contributed by atoms with Crippen LogP contribution in [0, 0.1) is 11.8 Å². The monoisotopic (exact) mass is 689 g/mol. The standard InChI is InChI=1S/C36H56F3NO7.H2O/c1-4-5-6-10-13-22-36(38,39)23-14-11-8-7-9-12-16-30(31(34(42)43)21-26-45-2)33(41)40-32(35(44)46-3)27-28-17-19-29(20-18-28)47-25-15-24-37;/h12,16-20,30-32H,4-11,13-15,21-27H2,1-3H3,(H,40,41)(H,42,43);1H2/b16-12+;/t30-,31+,32-;/m0./s1. The van der Waals surface area contributed by atoms with Crippen LogP contribution in [0.3, 0.4) is 0 Å². The summed E-state index contributed by atoms with van der Waals surface area (Å²) in [5.74, 6) is -6.77. The molecule has 4 N–H and O–H groups in total. The van der Waals surface area contributed by atoms with Crippen molar-refractivity contribution in [1.29, 1.82) is 0 Å². The Kier molecular flexibility index (Phi) is 25.0. The number of unbranched alkanes of at least 4 members (excludes halogenated alkanes) is 8. The second-order valence-electron chi connectivity index (χ2n) is 12.0. The van der Waals surface area contributed by atoms with Crippen LogP contribution >= 0.6 is 0 Å². The summed E-state index contributed by atoms with van der Waals surface area (Å²) >= 11 is 0. The van der Waals surface area contributed by atoms with Crippen molar-refractivity contribution in [2.45, 2.75) is 115 Å². The van der Waals surface area contributed by atoms with E-state index in [-0.39, 0.29) is 50.8 Å². The number of carboxylic acids is 1. The summed E-state index contributed by atoms with van der Waals surface area (Å²) < 4.78 is 56.1. The van der Waals surface area contributed by atoms with Gasteiger partial charge in [0.1, 0.15) is 11.8 Å². The highest BCUT2D eigenvalue weighted by Gasteiger charge is 2.34. The number of carbonyl (C=O) groups excluding carboxylic acids is 2. The predicted octanol–water partition coefficient (Wildman–Crippen LogP) is 7.05. The zero-order chi connectivity index (χ0) is 34.9. The van der Waals surface area contributed by atoms with Gasteiger partial charge < -0.3 is 30.1 Å². The quantitative estimate of drug-likeness (QED) is 0.0546. The molecule has 0 fully saturated rings. The minimum atomic E-state index is -2.63. The van der Waals surface area contributed by atoms with Gasteiger partial charge in [-0.05, 0) is 49.8 Å². The molecule has 3 atom stereocenters. The van der Waals surface area contributed by atoms with E-state index >= 15 is 0 Å². The second-order valence-corrected chi connectivity index (χ2v) is 12.0. The van der Waals surface area contributed by atoms with Crippen molar-refractivity contribution in [1.82, 2.24) is 5.32 Å². The lowest BCUT2D eigenvalue weighted by atomic mass is 9.87. The molecular formula is C36H58F3NO8. The molecule has 0 aromatic heterocycles. The van der Waals surface area contributed by atoms with Crippen molar-refractivity contribution in [2.24, 2.45) is 11.8 Å². The van der Waals surface area contributed by atoms with Crippen LogP contribution < -0.4 is 10.1 Å². The maximum atomic E-state index is 14.2. The van der Waals surface area contributed by atoms with E-state index < -0.39 is 48.3 Å². The maximum absolute atomic E-state index is 14.2. The molecule has 0 aliphatic heterocycles. The van der Waals surface area contributed by atoms with E-state index in [4.69, 9.17) is 14.2 Å². The third-order valence-corrected chi connectivity index (χ3v) is 8.05. The van der Waals surface area contributed by atoms with E-state index in [1.54, 1.807) is 36.4 Å². The number of hydrogen-bond acceptors (Lipinski definition) is 6.